The van der Waals surface area contributed by atoms with Crippen molar-refractivity contribution in [2.24, 2.45) is 5.92 Å². The molecule has 3 aromatic carbocycles. The monoisotopic (exact) mass is 490 g/mol. The summed E-state index contributed by atoms with van der Waals surface area (Å²) in [6, 6.07) is 21.3. The molecule has 0 radical (unpaired) electrons. The van der Waals surface area contributed by atoms with Crippen LogP contribution in [0.3, 0.4) is 0 Å². The van der Waals surface area contributed by atoms with Gasteiger partial charge in [-0.15, -0.1) is 0 Å². The maximum atomic E-state index is 15.0. The van der Waals surface area contributed by atoms with Crippen LogP contribution in [0.4, 0.5) is 8.78 Å². The quantitative estimate of drug-likeness (QED) is 0.175. The fourth-order valence-corrected chi connectivity index (χ4v) is 5.20. The molecule has 1 unspecified atom stereocenters. The predicted octanol–water partition coefficient (Wildman–Crippen LogP) is 11.2. The Morgan fingerprint density at radius 2 is 1.11 bits per heavy atom. The fraction of sp³-hybridized carbons (Fsp3) is 0.471. The number of hydrogen-bond acceptors (Lipinski definition) is 0. The molecular formula is C34H44F2. The Hall–Kier alpha value is -2.48. The Labute approximate surface area is 218 Å². The summed E-state index contributed by atoms with van der Waals surface area (Å²) in [6.07, 6.45) is 15.6. The van der Waals surface area contributed by atoms with Gasteiger partial charge in [-0.1, -0.05) is 151 Å². The van der Waals surface area contributed by atoms with E-state index in [-0.39, 0.29) is 0 Å². The first kappa shape index (κ1) is 28.1. The molecule has 0 N–H and O–H groups in total. The molecule has 1 atom stereocenters. The van der Waals surface area contributed by atoms with Crippen molar-refractivity contribution in [3.8, 4) is 22.3 Å². The molecule has 0 aliphatic rings. The molecule has 0 heterocycles. The van der Waals surface area contributed by atoms with Crippen LogP contribution in [-0.4, -0.2) is 0 Å². The zero-order valence-corrected chi connectivity index (χ0v) is 22.4. The van der Waals surface area contributed by atoms with Crippen LogP contribution in [0, 0.1) is 17.6 Å². The summed E-state index contributed by atoms with van der Waals surface area (Å²) in [5.74, 6) is -0.693. The highest BCUT2D eigenvalue weighted by Gasteiger charge is 2.16. The van der Waals surface area contributed by atoms with Crippen LogP contribution in [0.15, 0.2) is 66.7 Å². The van der Waals surface area contributed by atoms with Crippen molar-refractivity contribution >= 4 is 0 Å². The molecule has 0 spiro atoms. The first-order chi connectivity index (χ1) is 17.6. The third-order valence-corrected chi connectivity index (χ3v) is 7.46. The van der Waals surface area contributed by atoms with E-state index in [0.717, 1.165) is 24.0 Å². The lowest BCUT2D eigenvalue weighted by atomic mass is 9.89. The van der Waals surface area contributed by atoms with Gasteiger partial charge in [0.05, 0.1) is 0 Å². The standard InChI is InChI=1S/C34H44F2/c1-3-5-7-8-9-11-16-27(15-6-4-2)17-14-20-31-25-26-32(34(36)33(31)35)30-23-21-29(22-24-30)28-18-12-10-13-19-28/h10,12-13,18-19,21-27H,3-9,11,14-17,20H2,1-2H3. The number of benzene rings is 3. The highest BCUT2D eigenvalue weighted by Crippen LogP contribution is 2.30. The van der Waals surface area contributed by atoms with Crippen molar-refractivity contribution in [2.75, 3.05) is 0 Å². The SMILES string of the molecule is CCCCCCCCC(CCCC)CCCc1ccc(-c2ccc(-c3ccccc3)cc2)c(F)c1F. The number of aryl methyl sites for hydroxylation is 1. The maximum absolute atomic E-state index is 15.0. The molecule has 0 fully saturated rings. The van der Waals surface area contributed by atoms with Crippen molar-refractivity contribution in [1.29, 1.82) is 0 Å². The van der Waals surface area contributed by atoms with Gasteiger partial charge in [-0.2, -0.15) is 0 Å². The van der Waals surface area contributed by atoms with Crippen molar-refractivity contribution in [2.45, 2.75) is 97.3 Å². The van der Waals surface area contributed by atoms with Gasteiger partial charge in [0.25, 0.3) is 0 Å². The lowest BCUT2D eigenvalue weighted by Crippen LogP contribution is -2.03. The van der Waals surface area contributed by atoms with Crippen molar-refractivity contribution in [3.63, 3.8) is 0 Å². The molecule has 2 heteroatoms. The normalized spacial score (nSPS) is 12.1. The van der Waals surface area contributed by atoms with Crippen molar-refractivity contribution < 1.29 is 8.78 Å². The zero-order valence-electron chi connectivity index (χ0n) is 22.4. The number of hydrogen-bond donors (Lipinski definition) is 0. The third-order valence-electron chi connectivity index (χ3n) is 7.46. The maximum Gasteiger partial charge on any atom is 0.166 e. The molecule has 36 heavy (non-hydrogen) atoms. The summed E-state index contributed by atoms with van der Waals surface area (Å²) in [6.45, 7) is 4.50. The van der Waals surface area contributed by atoms with Gasteiger partial charge in [0, 0.05) is 5.56 Å². The summed E-state index contributed by atoms with van der Waals surface area (Å²) in [4.78, 5) is 0. The average molecular weight is 491 g/mol. The van der Waals surface area contributed by atoms with Gasteiger partial charge in [0.2, 0.25) is 0 Å². The molecule has 3 aromatic rings. The predicted molar refractivity (Wildman–Crippen MR) is 151 cm³/mol. The van der Waals surface area contributed by atoms with Crippen molar-refractivity contribution in [3.05, 3.63) is 83.9 Å². The second-order valence-corrected chi connectivity index (χ2v) is 10.3. The van der Waals surface area contributed by atoms with Gasteiger partial charge < -0.3 is 0 Å². The van der Waals surface area contributed by atoms with Gasteiger partial charge in [-0.25, -0.2) is 8.78 Å². The summed E-state index contributed by atoms with van der Waals surface area (Å²) in [5, 5.41) is 0. The van der Waals surface area contributed by atoms with Gasteiger partial charge >= 0.3 is 0 Å². The number of rotatable bonds is 16. The van der Waals surface area contributed by atoms with E-state index >= 15 is 4.39 Å². The van der Waals surface area contributed by atoms with E-state index in [1.54, 1.807) is 12.1 Å². The second-order valence-electron chi connectivity index (χ2n) is 10.3. The minimum atomic E-state index is -0.727. The lowest BCUT2D eigenvalue weighted by Gasteiger charge is -2.17. The van der Waals surface area contributed by atoms with Crippen LogP contribution in [0.2, 0.25) is 0 Å². The van der Waals surface area contributed by atoms with Gasteiger partial charge in [-0.3, -0.25) is 0 Å². The van der Waals surface area contributed by atoms with E-state index in [1.807, 2.05) is 54.6 Å². The minimum Gasteiger partial charge on any atom is -0.203 e. The number of unbranched alkanes of at least 4 members (excludes halogenated alkanes) is 6. The molecule has 0 saturated heterocycles. The van der Waals surface area contributed by atoms with E-state index in [9.17, 15) is 4.39 Å². The fourth-order valence-electron chi connectivity index (χ4n) is 5.20. The number of halogens is 2. The molecule has 0 amide bonds. The third kappa shape index (κ3) is 8.57. The summed E-state index contributed by atoms with van der Waals surface area (Å²) < 4.78 is 30.0. The van der Waals surface area contributed by atoms with Crippen LogP contribution in [0.5, 0.6) is 0 Å². The van der Waals surface area contributed by atoms with Gasteiger partial charge in [-0.05, 0) is 41.0 Å². The lowest BCUT2D eigenvalue weighted by molar-refractivity contribution is 0.376. The highest BCUT2D eigenvalue weighted by atomic mass is 19.2. The largest absolute Gasteiger partial charge is 0.203 e. The molecule has 3 rings (SSSR count). The Balaban J connectivity index is 1.56. The smallest absolute Gasteiger partial charge is 0.166 e. The van der Waals surface area contributed by atoms with Gasteiger partial charge in [0.15, 0.2) is 11.6 Å². The Morgan fingerprint density at radius 1 is 0.528 bits per heavy atom. The minimum absolute atomic E-state index is 0.333. The Kier molecular flexibility index (Phi) is 12.2. The van der Waals surface area contributed by atoms with Crippen LogP contribution in [-0.2, 0) is 6.42 Å². The van der Waals surface area contributed by atoms with E-state index in [2.05, 4.69) is 13.8 Å². The topological polar surface area (TPSA) is 0 Å². The van der Waals surface area contributed by atoms with Crippen LogP contribution in [0.25, 0.3) is 22.3 Å². The molecule has 0 bridgehead atoms. The molecule has 194 valence electrons. The van der Waals surface area contributed by atoms with Crippen molar-refractivity contribution in [1.82, 2.24) is 0 Å². The molecule has 0 aliphatic carbocycles. The molecular weight excluding hydrogens is 446 g/mol. The second kappa shape index (κ2) is 15.6. The molecule has 0 nitrogen and oxygen atoms in total. The van der Waals surface area contributed by atoms with E-state index in [1.165, 1.54) is 64.2 Å². The zero-order chi connectivity index (χ0) is 25.6. The summed E-state index contributed by atoms with van der Waals surface area (Å²) in [7, 11) is 0. The first-order valence-electron chi connectivity index (χ1n) is 14.3. The Bertz CT molecular complexity index is 1010. The van der Waals surface area contributed by atoms with E-state index in [4.69, 9.17) is 0 Å². The summed E-state index contributed by atoms with van der Waals surface area (Å²) >= 11 is 0. The first-order valence-corrected chi connectivity index (χ1v) is 14.3. The summed E-state index contributed by atoms with van der Waals surface area (Å²) in [5.41, 5.74) is 3.72. The highest BCUT2D eigenvalue weighted by molar-refractivity contribution is 5.71. The molecule has 0 aromatic heterocycles. The van der Waals surface area contributed by atoms with Gasteiger partial charge in [0.1, 0.15) is 0 Å². The van der Waals surface area contributed by atoms with Crippen LogP contribution in [0.1, 0.15) is 96.5 Å². The average Bonchev–Trinajstić information content (AvgIpc) is 2.92. The van der Waals surface area contributed by atoms with Crippen LogP contribution < -0.4 is 0 Å². The van der Waals surface area contributed by atoms with E-state index in [0.29, 0.717) is 29.0 Å². The van der Waals surface area contributed by atoms with E-state index < -0.39 is 11.6 Å². The molecule has 0 aliphatic heterocycles. The van der Waals surface area contributed by atoms with Crippen LogP contribution >= 0.6 is 0 Å². The molecule has 0 saturated carbocycles. The Morgan fingerprint density at radius 3 is 1.83 bits per heavy atom.